The maximum atomic E-state index is 9.28. The molecule has 2 unspecified atom stereocenters. The molecule has 1 aliphatic carbocycles. The molecule has 0 amide bonds. The van der Waals surface area contributed by atoms with Gasteiger partial charge in [-0.25, -0.2) is 0 Å². The minimum atomic E-state index is -0.209. The number of hydrogen-bond donors (Lipinski definition) is 1. The second-order valence-electron chi connectivity index (χ2n) is 3.86. The van der Waals surface area contributed by atoms with Crippen LogP contribution in [0.3, 0.4) is 0 Å². The first-order chi connectivity index (χ1) is 5.11. The monoisotopic (exact) mass is 157 g/mol. The van der Waals surface area contributed by atoms with Gasteiger partial charge in [-0.05, 0) is 39.7 Å². The van der Waals surface area contributed by atoms with Crippen LogP contribution in [-0.4, -0.2) is 35.7 Å². The predicted molar refractivity (Wildman–Crippen MR) is 46.5 cm³/mol. The van der Waals surface area contributed by atoms with E-state index in [4.69, 9.17) is 0 Å². The van der Waals surface area contributed by atoms with Crippen LogP contribution in [0, 0.1) is 5.92 Å². The molecule has 0 aromatic carbocycles. The molecule has 0 bridgehead atoms. The Morgan fingerprint density at radius 1 is 1.45 bits per heavy atom. The molecule has 0 saturated heterocycles. The van der Waals surface area contributed by atoms with Gasteiger partial charge in [0.2, 0.25) is 0 Å². The zero-order valence-electron chi connectivity index (χ0n) is 7.75. The van der Waals surface area contributed by atoms with E-state index in [1.54, 1.807) is 0 Å². The fourth-order valence-electron chi connectivity index (χ4n) is 1.24. The summed E-state index contributed by atoms with van der Waals surface area (Å²) >= 11 is 0. The third kappa shape index (κ3) is 2.80. The molecular formula is C9H19NO. The fourth-order valence-corrected chi connectivity index (χ4v) is 1.24. The van der Waals surface area contributed by atoms with E-state index in [0.29, 0.717) is 6.04 Å². The summed E-state index contributed by atoms with van der Waals surface area (Å²) in [6.07, 6.45) is 2.56. The molecule has 2 heteroatoms. The highest BCUT2D eigenvalue weighted by Crippen LogP contribution is 2.29. The van der Waals surface area contributed by atoms with Crippen molar-refractivity contribution in [1.82, 2.24) is 4.90 Å². The van der Waals surface area contributed by atoms with E-state index in [0.717, 1.165) is 12.5 Å². The van der Waals surface area contributed by atoms with Crippen LogP contribution in [0.2, 0.25) is 0 Å². The number of aliphatic hydroxyl groups excluding tert-OH is 1. The molecule has 0 aliphatic heterocycles. The molecule has 66 valence electrons. The van der Waals surface area contributed by atoms with Crippen molar-refractivity contribution in [2.24, 2.45) is 5.92 Å². The Labute approximate surface area is 69.2 Å². The topological polar surface area (TPSA) is 23.5 Å². The summed E-state index contributed by atoms with van der Waals surface area (Å²) in [5.41, 5.74) is 0. The maximum absolute atomic E-state index is 9.28. The molecule has 1 N–H and O–H groups in total. The molecule has 1 saturated carbocycles. The van der Waals surface area contributed by atoms with Gasteiger partial charge in [-0.2, -0.15) is 0 Å². The Bertz CT molecular complexity index is 121. The summed E-state index contributed by atoms with van der Waals surface area (Å²) in [7, 11) is 2.09. The van der Waals surface area contributed by atoms with Crippen LogP contribution in [0.1, 0.15) is 26.7 Å². The van der Waals surface area contributed by atoms with Gasteiger partial charge >= 0.3 is 0 Å². The lowest BCUT2D eigenvalue weighted by atomic mass is 10.2. The lowest BCUT2D eigenvalue weighted by Gasteiger charge is -2.26. The molecule has 2 nitrogen and oxygen atoms in total. The first kappa shape index (κ1) is 9.01. The van der Waals surface area contributed by atoms with Crippen LogP contribution in [0.15, 0.2) is 0 Å². The van der Waals surface area contributed by atoms with Crippen molar-refractivity contribution < 1.29 is 5.11 Å². The Hall–Kier alpha value is -0.0800. The fraction of sp³-hybridized carbons (Fsp3) is 1.00. The SMILES string of the molecule is CC(O)C(C)N(C)CC1CC1. The van der Waals surface area contributed by atoms with Crippen molar-refractivity contribution in [3.63, 3.8) is 0 Å². The summed E-state index contributed by atoms with van der Waals surface area (Å²) < 4.78 is 0. The average Bonchev–Trinajstić information content (AvgIpc) is 2.69. The summed E-state index contributed by atoms with van der Waals surface area (Å²) in [5.74, 6) is 0.918. The zero-order valence-corrected chi connectivity index (χ0v) is 7.75. The zero-order chi connectivity index (χ0) is 8.43. The highest BCUT2D eigenvalue weighted by Gasteiger charge is 2.25. The van der Waals surface area contributed by atoms with E-state index >= 15 is 0 Å². The van der Waals surface area contributed by atoms with Crippen LogP contribution in [0.4, 0.5) is 0 Å². The van der Waals surface area contributed by atoms with Crippen LogP contribution in [-0.2, 0) is 0 Å². The van der Waals surface area contributed by atoms with Crippen molar-refractivity contribution in [3.8, 4) is 0 Å². The standard InChI is InChI=1S/C9H19NO/c1-7(8(2)11)10(3)6-9-4-5-9/h7-9,11H,4-6H2,1-3H3. The number of hydrogen-bond acceptors (Lipinski definition) is 2. The van der Waals surface area contributed by atoms with Gasteiger partial charge in [0.25, 0.3) is 0 Å². The second-order valence-corrected chi connectivity index (χ2v) is 3.86. The molecule has 0 heterocycles. The summed E-state index contributed by atoms with van der Waals surface area (Å²) in [4.78, 5) is 2.25. The van der Waals surface area contributed by atoms with Crippen molar-refractivity contribution in [2.45, 2.75) is 38.8 Å². The first-order valence-electron chi connectivity index (χ1n) is 4.49. The molecule has 2 atom stereocenters. The van der Waals surface area contributed by atoms with E-state index in [-0.39, 0.29) is 6.10 Å². The van der Waals surface area contributed by atoms with Crippen LogP contribution < -0.4 is 0 Å². The lowest BCUT2D eigenvalue weighted by Crippen LogP contribution is -2.38. The lowest BCUT2D eigenvalue weighted by molar-refractivity contribution is 0.0842. The molecule has 0 radical (unpaired) electrons. The van der Waals surface area contributed by atoms with Gasteiger partial charge in [-0.15, -0.1) is 0 Å². The molecule has 0 aromatic heterocycles. The highest BCUT2D eigenvalue weighted by atomic mass is 16.3. The molecule has 1 aliphatic rings. The van der Waals surface area contributed by atoms with E-state index in [9.17, 15) is 5.11 Å². The van der Waals surface area contributed by atoms with Gasteiger partial charge < -0.3 is 10.0 Å². The van der Waals surface area contributed by atoms with E-state index < -0.39 is 0 Å². The number of nitrogens with zero attached hydrogens (tertiary/aromatic N) is 1. The van der Waals surface area contributed by atoms with Crippen molar-refractivity contribution >= 4 is 0 Å². The molecule has 0 aromatic rings. The van der Waals surface area contributed by atoms with E-state index in [1.807, 2.05) is 6.92 Å². The van der Waals surface area contributed by atoms with Crippen molar-refractivity contribution in [2.75, 3.05) is 13.6 Å². The van der Waals surface area contributed by atoms with Crippen LogP contribution in [0.25, 0.3) is 0 Å². The minimum absolute atomic E-state index is 0.209. The third-order valence-corrected chi connectivity index (χ3v) is 2.64. The van der Waals surface area contributed by atoms with Crippen molar-refractivity contribution in [1.29, 1.82) is 0 Å². The Morgan fingerprint density at radius 3 is 2.36 bits per heavy atom. The van der Waals surface area contributed by atoms with Crippen molar-refractivity contribution in [3.05, 3.63) is 0 Å². The number of aliphatic hydroxyl groups is 1. The molecule has 1 fully saturated rings. The minimum Gasteiger partial charge on any atom is -0.392 e. The van der Waals surface area contributed by atoms with Crippen LogP contribution in [0.5, 0.6) is 0 Å². The Balaban J connectivity index is 2.20. The predicted octanol–water partition coefficient (Wildman–Crippen LogP) is 1.10. The summed E-state index contributed by atoms with van der Waals surface area (Å²) in [5, 5.41) is 9.28. The van der Waals surface area contributed by atoms with Gasteiger partial charge in [0.05, 0.1) is 6.10 Å². The van der Waals surface area contributed by atoms with Gasteiger partial charge in [-0.3, -0.25) is 0 Å². The van der Waals surface area contributed by atoms with Crippen LogP contribution >= 0.6 is 0 Å². The number of likely N-dealkylation sites (N-methyl/N-ethyl adjacent to an activating group) is 1. The van der Waals surface area contributed by atoms with E-state index in [2.05, 4.69) is 18.9 Å². The molecular weight excluding hydrogens is 138 g/mol. The molecule has 0 spiro atoms. The Morgan fingerprint density at radius 2 is 2.00 bits per heavy atom. The summed E-state index contributed by atoms with van der Waals surface area (Å²) in [6.45, 7) is 5.09. The third-order valence-electron chi connectivity index (χ3n) is 2.64. The second kappa shape index (κ2) is 3.55. The average molecular weight is 157 g/mol. The van der Waals surface area contributed by atoms with E-state index in [1.165, 1.54) is 12.8 Å². The highest BCUT2D eigenvalue weighted by molar-refractivity contribution is 4.79. The van der Waals surface area contributed by atoms with Gasteiger partial charge in [0.15, 0.2) is 0 Å². The van der Waals surface area contributed by atoms with Gasteiger partial charge in [0.1, 0.15) is 0 Å². The normalized spacial score (nSPS) is 23.7. The number of rotatable bonds is 4. The van der Waals surface area contributed by atoms with Gasteiger partial charge in [-0.1, -0.05) is 0 Å². The smallest absolute Gasteiger partial charge is 0.0664 e. The quantitative estimate of drug-likeness (QED) is 0.660. The Kier molecular flexibility index (Phi) is 2.90. The first-order valence-corrected chi connectivity index (χ1v) is 4.49. The maximum Gasteiger partial charge on any atom is 0.0664 e. The largest absolute Gasteiger partial charge is 0.392 e. The van der Waals surface area contributed by atoms with Gasteiger partial charge in [0, 0.05) is 12.6 Å². The summed E-state index contributed by atoms with van der Waals surface area (Å²) in [6, 6.07) is 0.301. The molecule has 1 rings (SSSR count). The molecule has 11 heavy (non-hydrogen) atoms.